The van der Waals surface area contributed by atoms with E-state index in [9.17, 15) is 14.7 Å². The Kier molecular flexibility index (Phi) is 4.95. The average molecular weight is 435 g/mol. The van der Waals surface area contributed by atoms with Crippen LogP contribution in [0.4, 0.5) is 0 Å². The zero-order chi connectivity index (χ0) is 20.8. The predicted octanol–water partition coefficient (Wildman–Crippen LogP) is 4.01. The van der Waals surface area contributed by atoms with E-state index in [1.807, 2.05) is 19.9 Å². The minimum absolute atomic E-state index is 0.116. The molecule has 10 heteroatoms. The summed E-state index contributed by atoms with van der Waals surface area (Å²) in [6.07, 6.45) is 1.81. The highest BCUT2D eigenvalue weighted by Crippen LogP contribution is 2.32. The van der Waals surface area contributed by atoms with Gasteiger partial charge < -0.3 is 14.5 Å². The second kappa shape index (κ2) is 7.31. The van der Waals surface area contributed by atoms with Crippen molar-refractivity contribution in [3.8, 4) is 10.6 Å². The molecule has 0 radical (unpaired) electrons. The molecule has 3 aromatic rings. The molecule has 29 heavy (non-hydrogen) atoms. The van der Waals surface area contributed by atoms with Crippen LogP contribution >= 0.6 is 22.9 Å². The van der Waals surface area contributed by atoms with Crippen LogP contribution < -0.4 is 0 Å². The van der Waals surface area contributed by atoms with Crippen LogP contribution in [0, 0.1) is 0 Å². The fourth-order valence-electron chi connectivity index (χ4n) is 3.54. The first-order valence-electron chi connectivity index (χ1n) is 9.09. The summed E-state index contributed by atoms with van der Waals surface area (Å²) in [5.74, 6) is -0.870. The van der Waals surface area contributed by atoms with Gasteiger partial charge in [0.15, 0.2) is 11.5 Å². The number of carbonyl (C=O) groups excluding carboxylic acids is 1. The van der Waals surface area contributed by atoms with Crippen LogP contribution in [-0.4, -0.2) is 48.9 Å². The number of hydrogen-bond acceptors (Lipinski definition) is 6. The molecule has 0 aromatic carbocycles. The van der Waals surface area contributed by atoms with Crippen molar-refractivity contribution in [2.75, 3.05) is 6.54 Å². The number of rotatable bonds is 5. The van der Waals surface area contributed by atoms with Crippen molar-refractivity contribution in [3.63, 3.8) is 0 Å². The van der Waals surface area contributed by atoms with Gasteiger partial charge in [-0.05, 0) is 38.8 Å². The number of carbonyl (C=O) groups is 2. The minimum Gasteiger partial charge on any atom is -0.476 e. The van der Waals surface area contributed by atoms with Crippen molar-refractivity contribution < 1.29 is 19.2 Å². The Morgan fingerprint density at radius 3 is 2.76 bits per heavy atom. The summed E-state index contributed by atoms with van der Waals surface area (Å²) < 4.78 is 7.39. The van der Waals surface area contributed by atoms with Crippen LogP contribution in [0.15, 0.2) is 28.8 Å². The fourth-order valence-corrected chi connectivity index (χ4v) is 4.53. The van der Waals surface area contributed by atoms with Crippen molar-refractivity contribution in [2.24, 2.45) is 0 Å². The quantitative estimate of drug-likeness (QED) is 0.650. The van der Waals surface area contributed by atoms with Gasteiger partial charge in [0.05, 0.1) is 15.8 Å². The van der Waals surface area contributed by atoms with Gasteiger partial charge in [-0.3, -0.25) is 9.48 Å². The lowest BCUT2D eigenvalue weighted by molar-refractivity contribution is 0.0638. The van der Waals surface area contributed by atoms with Crippen molar-refractivity contribution >= 4 is 34.8 Å². The normalized spacial score (nSPS) is 15.8. The standard InChI is InChI=1S/C19H19ClN4O4S/c1-19(2)6-3-7-23(19)17(25)13-9-12(18(26)27)21-24(13)10-11-8-14(28-22-11)15-4-5-16(20)29-15/h4-5,8-9H,3,6-7,10H2,1-2H3,(H,26,27). The van der Waals surface area contributed by atoms with E-state index in [4.69, 9.17) is 16.1 Å². The summed E-state index contributed by atoms with van der Waals surface area (Å²) in [4.78, 5) is 27.2. The van der Waals surface area contributed by atoms with Crippen LogP contribution in [0.2, 0.25) is 4.34 Å². The van der Waals surface area contributed by atoms with Gasteiger partial charge in [-0.15, -0.1) is 11.3 Å². The third-order valence-electron chi connectivity index (χ3n) is 5.05. The lowest BCUT2D eigenvalue weighted by atomic mass is 10.0. The highest BCUT2D eigenvalue weighted by molar-refractivity contribution is 7.19. The Labute approximate surface area is 175 Å². The molecular weight excluding hydrogens is 416 g/mol. The maximum atomic E-state index is 13.2. The highest BCUT2D eigenvalue weighted by Gasteiger charge is 2.37. The number of nitrogens with zero attached hydrogens (tertiary/aromatic N) is 4. The third-order valence-corrected chi connectivity index (χ3v) is 6.30. The number of carboxylic acid groups (broad SMARTS) is 1. The van der Waals surface area contributed by atoms with Crippen molar-refractivity contribution in [2.45, 2.75) is 38.8 Å². The molecule has 1 amide bonds. The van der Waals surface area contributed by atoms with Crippen molar-refractivity contribution in [1.82, 2.24) is 19.8 Å². The second-order valence-electron chi connectivity index (χ2n) is 7.54. The van der Waals surface area contributed by atoms with Gasteiger partial charge in [-0.2, -0.15) is 5.10 Å². The van der Waals surface area contributed by atoms with E-state index in [1.165, 1.54) is 22.1 Å². The summed E-state index contributed by atoms with van der Waals surface area (Å²) in [6.45, 7) is 4.76. The Balaban J connectivity index is 1.64. The first-order chi connectivity index (χ1) is 13.7. The molecule has 0 atom stereocenters. The zero-order valence-corrected chi connectivity index (χ0v) is 17.5. The summed E-state index contributed by atoms with van der Waals surface area (Å²) in [5.41, 5.74) is 0.286. The van der Waals surface area contributed by atoms with E-state index in [0.29, 0.717) is 22.3 Å². The van der Waals surface area contributed by atoms with Crippen LogP contribution in [0.25, 0.3) is 10.6 Å². The van der Waals surface area contributed by atoms with Crippen LogP contribution in [0.3, 0.4) is 0 Å². The molecule has 0 saturated carbocycles. The van der Waals surface area contributed by atoms with Gasteiger partial charge in [-0.25, -0.2) is 4.79 Å². The van der Waals surface area contributed by atoms with Gasteiger partial charge in [0.2, 0.25) is 0 Å². The molecule has 4 heterocycles. The van der Waals surface area contributed by atoms with Crippen LogP contribution in [-0.2, 0) is 6.54 Å². The molecule has 1 N–H and O–H groups in total. The molecule has 3 aromatic heterocycles. The van der Waals surface area contributed by atoms with Gasteiger partial charge in [0, 0.05) is 24.2 Å². The Morgan fingerprint density at radius 2 is 2.14 bits per heavy atom. The molecule has 0 bridgehead atoms. The minimum atomic E-state index is -1.19. The van der Waals surface area contributed by atoms with E-state index in [0.717, 1.165) is 17.7 Å². The second-order valence-corrected chi connectivity index (χ2v) is 9.25. The van der Waals surface area contributed by atoms with Crippen LogP contribution in [0.5, 0.6) is 0 Å². The van der Waals surface area contributed by atoms with Gasteiger partial charge >= 0.3 is 5.97 Å². The predicted molar refractivity (Wildman–Crippen MR) is 107 cm³/mol. The molecule has 0 unspecified atom stereocenters. The Bertz CT molecular complexity index is 1080. The summed E-state index contributed by atoms with van der Waals surface area (Å²) >= 11 is 7.33. The number of halogens is 1. The summed E-state index contributed by atoms with van der Waals surface area (Å²) in [7, 11) is 0. The molecule has 4 rings (SSSR count). The first kappa shape index (κ1) is 19.7. The number of aromatic nitrogens is 3. The number of amides is 1. The maximum Gasteiger partial charge on any atom is 0.356 e. The number of hydrogen-bond donors (Lipinski definition) is 1. The molecule has 0 aliphatic carbocycles. The summed E-state index contributed by atoms with van der Waals surface area (Å²) in [6, 6.07) is 6.65. The van der Waals surface area contributed by atoms with Gasteiger partial charge in [0.25, 0.3) is 5.91 Å². The van der Waals surface area contributed by atoms with E-state index in [1.54, 1.807) is 17.0 Å². The molecular formula is C19H19ClN4O4S. The first-order valence-corrected chi connectivity index (χ1v) is 10.3. The SMILES string of the molecule is CC1(C)CCCN1C(=O)c1cc(C(=O)O)nn1Cc1cc(-c2ccc(Cl)s2)on1. The van der Waals surface area contributed by atoms with Crippen molar-refractivity contribution in [1.29, 1.82) is 0 Å². The van der Waals surface area contributed by atoms with Crippen molar-refractivity contribution in [3.05, 3.63) is 45.7 Å². The molecule has 0 spiro atoms. The topological polar surface area (TPSA) is 101 Å². The number of aromatic carboxylic acids is 1. The largest absolute Gasteiger partial charge is 0.476 e. The molecule has 1 saturated heterocycles. The molecule has 1 aliphatic rings. The monoisotopic (exact) mass is 434 g/mol. The Hall–Kier alpha value is -2.65. The number of thiophene rings is 1. The summed E-state index contributed by atoms with van der Waals surface area (Å²) in [5, 5.41) is 17.5. The fraction of sp³-hybridized carbons (Fsp3) is 0.368. The van der Waals surface area contributed by atoms with E-state index in [-0.39, 0.29) is 29.4 Å². The third kappa shape index (κ3) is 3.79. The average Bonchev–Trinajstić information content (AvgIpc) is 3.41. The molecule has 1 fully saturated rings. The number of carboxylic acids is 1. The molecule has 1 aliphatic heterocycles. The van der Waals surface area contributed by atoms with E-state index in [2.05, 4.69) is 10.3 Å². The Morgan fingerprint density at radius 1 is 1.34 bits per heavy atom. The molecule has 152 valence electrons. The smallest absolute Gasteiger partial charge is 0.356 e. The zero-order valence-electron chi connectivity index (χ0n) is 15.9. The lowest BCUT2D eigenvalue weighted by Gasteiger charge is -2.31. The van der Waals surface area contributed by atoms with Gasteiger partial charge in [0.1, 0.15) is 11.4 Å². The lowest BCUT2D eigenvalue weighted by Crippen LogP contribution is -2.43. The van der Waals surface area contributed by atoms with E-state index < -0.39 is 5.97 Å². The number of likely N-dealkylation sites (tertiary alicyclic amines) is 1. The van der Waals surface area contributed by atoms with E-state index >= 15 is 0 Å². The maximum absolute atomic E-state index is 13.2. The highest BCUT2D eigenvalue weighted by atomic mass is 35.5. The van der Waals surface area contributed by atoms with Crippen LogP contribution in [0.1, 0.15) is 53.4 Å². The molecule has 8 nitrogen and oxygen atoms in total. The van der Waals surface area contributed by atoms with Gasteiger partial charge in [-0.1, -0.05) is 16.8 Å².